The van der Waals surface area contributed by atoms with E-state index in [1.54, 1.807) is 10.7 Å². The summed E-state index contributed by atoms with van der Waals surface area (Å²) in [6.07, 6.45) is 0. The third-order valence-corrected chi connectivity index (χ3v) is 3.47. The Morgan fingerprint density at radius 1 is 1.25 bits per heavy atom. The van der Waals surface area contributed by atoms with Crippen LogP contribution in [-0.2, 0) is 10.2 Å². The summed E-state index contributed by atoms with van der Waals surface area (Å²) >= 11 is 3.41. The van der Waals surface area contributed by atoms with Crippen LogP contribution >= 0.6 is 15.9 Å². The normalized spacial score (nSPS) is 11.4. The lowest BCUT2D eigenvalue weighted by Crippen LogP contribution is -2.17. The largest absolute Gasteiger partial charge is 0.464 e. The first-order valence-corrected chi connectivity index (χ1v) is 7.07. The summed E-state index contributed by atoms with van der Waals surface area (Å²) in [7, 11) is 1.36. The molecule has 1 heterocycles. The molecule has 5 heteroatoms. The molecule has 0 aliphatic heterocycles. The molecule has 2 aromatic rings. The van der Waals surface area contributed by atoms with Crippen LogP contribution in [0.1, 0.15) is 37.0 Å². The van der Waals surface area contributed by atoms with Gasteiger partial charge in [-0.25, -0.2) is 9.48 Å². The van der Waals surface area contributed by atoms with Gasteiger partial charge in [0.2, 0.25) is 0 Å². The van der Waals surface area contributed by atoms with Crippen LogP contribution in [0.25, 0.3) is 5.69 Å². The Hall–Kier alpha value is -1.62. The van der Waals surface area contributed by atoms with Gasteiger partial charge in [0, 0.05) is 9.89 Å². The Balaban J connectivity index is 2.58. The molecule has 20 heavy (non-hydrogen) atoms. The van der Waals surface area contributed by atoms with Gasteiger partial charge in [-0.05, 0) is 30.3 Å². The lowest BCUT2D eigenvalue weighted by atomic mass is 9.91. The standard InChI is InChI=1S/C15H17BrN2O2/c1-15(2,3)13-9-12(14(19)20-4)17-18(13)11-7-5-10(16)6-8-11/h5-9H,1-4H3. The summed E-state index contributed by atoms with van der Waals surface area (Å²) in [5.74, 6) is -0.425. The molecule has 0 saturated carbocycles. The lowest BCUT2D eigenvalue weighted by Gasteiger charge is -2.20. The number of rotatable bonds is 2. The van der Waals surface area contributed by atoms with Gasteiger partial charge in [0.1, 0.15) is 0 Å². The lowest BCUT2D eigenvalue weighted by molar-refractivity contribution is 0.0593. The van der Waals surface area contributed by atoms with Crippen LogP contribution < -0.4 is 0 Å². The van der Waals surface area contributed by atoms with Gasteiger partial charge in [-0.1, -0.05) is 36.7 Å². The van der Waals surface area contributed by atoms with E-state index in [1.807, 2.05) is 24.3 Å². The third kappa shape index (κ3) is 2.93. The summed E-state index contributed by atoms with van der Waals surface area (Å²) in [5.41, 5.74) is 2.06. The highest BCUT2D eigenvalue weighted by Gasteiger charge is 2.24. The van der Waals surface area contributed by atoms with Gasteiger partial charge in [0.25, 0.3) is 0 Å². The Kier molecular flexibility index (Phi) is 3.99. The molecule has 0 aliphatic carbocycles. The minimum Gasteiger partial charge on any atom is -0.464 e. The molecule has 0 saturated heterocycles. The van der Waals surface area contributed by atoms with Crippen LogP contribution in [0.15, 0.2) is 34.8 Å². The summed E-state index contributed by atoms with van der Waals surface area (Å²) < 4.78 is 7.54. The topological polar surface area (TPSA) is 44.1 Å². The molecule has 4 nitrogen and oxygen atoms in total. The smallest absolute Gasteiger partial charge is 0.358 e. The first kappa shape index (κ1) is 14.8. The monoisotopic (exact) mass is 336 g/mol. The Morgan fingerprint density at radius 3 is 2.35 bits per heavy atom. The molecule has 106 valence electrons. The first-order valence-electron chi connectivity index (χ1n) is 6.28. The average Bonchev–Trinajstić information content (AvgIpc) is 2.83. The number of esters is 1. The molecule has 2 rings (SSSR count). The van der Waals surface area contributed by atoms with Crippen molar-refractivity contribution in [3.8, 4) is 5.69 Å². The fourth-order valence-electron chi connectivity index (χ4n) is 1.90. The quantitative estimate of drug-likeness (QED) is 0.785. The second kappa shape index (κ2) is 5.40. The summed E-state index contributed by atoms with van der Waals surface area (Å²) in [6, 6.07) is 9.58. The Labute approximate surface area is 126 Å². The van der Waals surface area contributed by atoms with Crippen molar-refractivity contribution in [3.05, 3.63) is 46.2 Å². The van der Waals surface area contributed by atoms with Gasteiger partial charge >= 0.3 is 5.97 Å². The molecule has 0 radical (unpaired) electrons. The van der Waals surface area contributed by atoms with E-state index in [1.165, 1.54) is 7.11 Å². The van der Waals surface area contributed by atoms with Gasteiger partial charge in [0.05, 0.1) is 18.5 Å². The number of hydrogen-bond acceptors (Lipinski definition) is 3. The molecule has 1 aromatic heterocycles. The van der Waals surface area contributed by atoms with E-state index >= 15 is 0 Å². The number of methoxy groups -OCH3 is 1. The molecule has 0 unspecified atom stereocenters. The number of carbonyl (C=O) groups is 1. The number of aromatic nitrogens is 2. The first-order chi connectivity index (χ1) is 9.32. The van der Waals surface area contributed by atoms with Crippen molar-refractivity contribution < 1.29 is 9.53 Å². The fourth-order valence-corrected chi connectivity index (χ4v) is 2.16. The molecule has 1 aromatic carbocycles. The molecule has 0 amide bonds. The number of carbonyl (C=O) groups excluding carboxylic acids is 1. The van der Waals surface area contributed by atoms with E-state index < -0.39 is 5.97 Å². The zero-order valence-electron chi connectivity index (χ0n) is 12.0. The Morgan fingerprint density at radius 2 is 1.85 bits per heavy atom. The predicted molar refractivity (Wildman–Crippen MR) is 81.3 cm³/mol. The predicted octanol–water partition coefficient (Wildman–Crippen LogP) is 3.72. The highest BCUT2D eigenvalue weighted by molar-refractivity contribution is 9.10. The van der Waals surface area contributed by atoms with E-state index in [2.05, 4.69) is 41.8 Å². The summed E-state index contributed by atoms with van der Waals surface area (Å²) in [4.78, 5) is 11.7. The van der Waals surface area contributed by atoms with Gasteiger partial charge in [-0.15, -0.1) is 0 Å². The molecular formula is C15H17BrN2O2. The SMILES string of the molecule is COC(=O)c1cc(C(C)(C)C)n(-c2ccc(Br)cc2)n1. The second-order valence-electron chi connectivity index (χ2n) is 5.54. The van der Waals surface area contributed by atoms with Crippen LogP contribution in [0.5, 0.6) is 0 Å². The molecular weight excluding hydrogens is 320 g/mol. The van der Waals surface area contributed by atoms with E-state index in [0.29, 0.717) is 5.69 Å². The van der Waals surface area contributed by atoms with Crippen molar-refractivity contribution in [2.45, 2.75) is 26.2 Å². The minimum atomic E-state index is -0.425. The fraction of sp³-hybridized carbons (Fsp3) is 0.333. The maximum Gasteiger partial charge on any atom is 0.358 e. The molecule has 0 aliphatic rings. The van der Waals surface area contributed by atoms with E-state index in [0.717, 1.165) is 15.9 Å². The number of ether oxygens (including phenoxy) is 1. The van der Waals surface area contributed by atoms with Crippen molar-refractivity contribution in [2.24, 2.45) is 0 Å². The molecule has 0 bridgehead atoms. The van der Waals surface area contributed by atoms with Crippen molar-refractivity contribution in [3.63, 3.8) is 0 Å². The highest BCUT2D eigenvalue weighted by Crippen LogP contribution is 2.26. The zero-order chi connectivity index (χ0) is 14.9. The average molecular weight is 337 g/mol. The Bertz CT molecular complexity index is 624. The number of halogens is 1. The van der Waals surface area contributed by atoms with E-state index in [9.17, 15) is 4.79 Å². The highest BCUT2D eigenvalue weighted by atomic mass is 79.9. The van der Waals surface area contributed by atoms with Crippen LogP contribution in [0.2, 0.25) is 0 Å². The minimum absolute atomic E-state index is 0.133. The van der Waals surface area contributed by atoms with Crippen LogP contribution in [0.4, 0.5) is 0 Å². The number of nitrogens with zero attached hydrogens (tertiary/aromatic N) is 2. The molecule has 0 fully saturated rings. The summed E-state index contributed by atoms with van der Waals surface area (Å²) in [6.45, 7) is 6.25. The van der Waals surface area contributed by atoms with Crippen LogP contribution in [-0.4, -0.2) is 22.9 Å². The van der Waals surface area contributed by atoms with Gasteiger partial charge in [-0.2, -0.15) is 5.10 Å². The van der Waals surface area contributed by atoms with Gasteiger partial charge in [0.15, 0.2) is 5.69 Å². The van der Waals surface area contributed by atoms with Crippen molar-refractivity contribution in [2.75, 3.05) is 7.11 Å². The van der Waals surface area contributed by atoms with Crippen molar-refractivity contribution in [1.82, 2.24) is 9.78 Å². The van der Waals surface area contributed by atoms with E-state index in [4.69, 9.17) is 4.74 Å². The third-order valence-electron chi connectivity index (χ3n) is 2.94. The summed E-state index contributed by atoms with van der Waals surface area (Å²) in [5, 5.41) is 4.37. The van der Waals surface area contributed by atoms with Crippen molar-refractivity contribution >= 4 is 21.9 Å². The van der Waals surface area contributed by atoms with Gasteiger partial charge < -0.3 is 4.74 Å². The van der Waals surface area contributed by atoms with E-state index in [-0.39, 0.29) is 5.41 Å². The number of benzene rings is 1. The zero-order valence-corrected chi connectivity index (χ0v) is 13.6. The molecule has 0 atom stereocenters. The van der Waals surface area contributed by atoms with Gasteiger partial charge in [-0.3, -0.25) is 0 Å². The number of hydrogen-bond donors (Lipinski definition) is 0. The van der Waals surface area contributed by atoms with Crippen molar-refractivity contribution in [1.29, 1.82) is 0 Å². The maximum atomic E-state index is 11.7. The molecule has 0 spiro atoms. The molecule has 0 N–H and O–H groups in total. The maximum absolute atomic E-state index is 11.7. The van der Waals surface area contributed by atoms with Crippen LogP contribution in [0, 0.1) is 0 Å². The van der Waals surface area contributed by atoms with Crippen LogP contribution in [0.3, 0.4) is 0 Å². The second-order valence-corrected chi connectivity index (χ2v) is 6.46.